The predicted octanol–water partition coefficient (Wildman–Crippen LogP) is 3.54. The number of nitrogens with two attached hydrogens (primary N) is 1. The Morgan fingerprint density at radius 3 is 2.33 bits per heavy atom. The summed E-state index contributed by atoms with van der Waals surface area (Å²) in [4.78, 5) is 11.2. The third kappa shape index (κ3) is 5.17. The van der Waals surface area contributed by atoms with E-state index in [1.54, 1.807) is 0 Å². The van der Waals surface area contributed by atoms with Crippen molar-refractivity contribution in [1.82, 2.24) is 0 Å². The van der Waals surface area contributed by atoms with Crippen LogP contribution in [0.15, 0.2) is 24.3 Å². The van der Waals surface area contributed by atoms with Gasteiger partial charge in [0.05, 0.1) is 6.61 Å². The Bertz CT molecular complexity index is 558. The average Bonchev–Trinajstić information content (AvgIpc) is 2.46. The number of hydrogen-bond acceptors (Lipinski definition) is 4. The van der Waals surface area contributed by atoms with Gasteiger partial charge in [0.2, 0.25) is 0 Å². The summed E-state index contributed by atoms with van der Waals surface area (Å²) in [5.41, 5.74) is 4.79. The van der Waals surface area contributed by atoms with Crippen molar-refractivity contribution >= 4 is 18.4 Å². The molecule has 0 aliphatic carbocycles. The van der Waals surface area contributed by atoms with Crippen molar-refractivity contribution in [3.05, 3.63) is 29.8 Å². The van der Waals surface area contributed by atoms with Gasteiger partial charge < -0.3 is 15.2 Å². The summed E-state index contributed by atoms with van der Waals surface area (Å²) in [7, 11) is 0. The van der Waals surface area contributed by atoms with E-state index in [4.69, 9.17) is 5.73 Å². The molecular weight excluding hydrogens is 368 g/mol. The zero-order valence-corrected chi connectivity index (χ0v) is 13.0. The molecule has 1 rings (SSSR count). The molecule has 0 radical (unpaired) electrons. The Morgan fingerprint density at radius 1 is 1.25 bits per heavy atom. The molecule has 138 valence electrons. The van der Waals surface area contributed by atoms with Gasteiger partial charge in [0, 0.05) is 0 Å². The van der Waals surface area contributed by atoms with Gasteiger partial charge in [-0.25, -0.2) is 4.79 Å². The first-order valence-corrected chi connectivity index (χ1v) is 6.28. The molecule has 0 amide bonds. The molecule has 0 bridgehead atoms. The number of ether oxygens (including phenoxy) is 2. The van der Waals surface area contributed by atoms with Crippen LogP contribution in [0.3, 0.4) is 0 Å². The van der Waals surface area contributed by atoms with Crippen molar-refractivity contribution in [2.45, 2.75) is 31.4 Å². The Hall–Kier alpha value is -1.68. The minimum Gasteiger partial charge on any atom is -0.462 e. The largest absolute Gasteiger partial charge is 0.462 e. The van der Waals surface area contributed by atoms with E-state index in [1.165, 1.54) is 6.92 Å². The van der Waals surface area contributed by atoms with Crippen LogP contribution in [0, 0.1) is 0 Å². The van der Waals surface area contributed by atoms with E-state index >= 15 is 0 Å². The van der Waals surface area contributed by atoms with Gasteiger partial charge >= 0.3 is 24.4 Å². The molecule has 0 aliphatic rings. The third-order valence-corrected chi connectivity index (χ3v) is 2.66. The van der Waals surface area contributed by atoms with Crippen molar-refractivity contribution in [1.29, 1.82) is 0 Å². The van der Waals surface area contributed by atoms with Crippen LogP contribution in [0.25, 0.3) is 0 Å². The molecular formula is C13H14ClF6NO3. The highest BCUT2D eigenvalue weighted by Gasteiger charge is 2.48. The van der Waals surface area contributed by atoms with Crippen LogP contribution in [0.2, 0.25) is 0 Å². The first-order chi connectivity index (χ1) is 10.5. The normalized spacial score (nSPS) is 13.2. The van der Waals surface area contributed by atoms with Gasteiger partial charge in [-0.05, 0) is 24.6 Å². The van der Waals surface area contributed by atoms with Crippen LogP contribution in [0.4, 0.5) is 26.3 Å². The fourth-order valence-electron chi connectivity index (χ4n) is 1.54. The number of carbonyl (C=O) groups is 1. The summed E-state index contributed by atoms with van der Waals surface area (Å²) in [6, 6.07) is 1.24. The number of esters is 1. The van der Waals surface area contributed by atoms with E-state index in [2.05, 4.69) is 9.47 Å². The summed E-state index contributed by atoms with van der Waals surface area (Å²) in [5, 5.41) is 0. The molecule has 1 atom stereocenters. The summed E-state index contributed by atoms with van der Waals surface area (Å²) >= 11 is 0. The number of rotatable bonds is 7. The smallest absolute Gasteiger partial charge is 0.461 e. The minimum atomic E-state index is -4.80. The predicted molar refractivity (Wildman–Crippen MR) is 73.8 cm³/mol. The quantitative estimate of drug-likeness (QED) is 0.579. The fraction of sp³-hybridized carbons (Fsp3) is 0.462. The second-order valence-electron chi connectivity index (χ2n) is 4.36. The number of hydrogen-bond donors (Lipinski definition) is 1. The molecule has 4 nitrogen and oxygen atoms in total. The van der Waals surface area contributed by atoms with E-state index in [0.717, 1.165) is 18.2 Å². The molecule has 0 unspecified atom stereocenters. The standard InChI is InChI=1S/C13H13F6NO3.ClH/c1-2-22-11(21)12(16,17)9(20)7-4-3-5-8(6-7)23-13(18,19)10(14)15;/h3-6,9-10H,2,20H2,1H3;1H/t9-;/m1./s1. The van der Waals surface area contributed by atoms with Gasteiger partial charge in [-0.2, -0.15) is 26.3 Å². The third-order valence-electron chi connectivity index (χ3n) is 2.66. The molecule has 24 heavy (non-hydrogen) atoms. The summed E-state index contributed by atoms with van der Waals surface area (Å²) in [6.45, 7) is 0.991. The second kappa shape index (κ2) is 8.43. The van der Waals surface area contributed by atoms with Gasteiger partial charge in [-0.3, -0.25) is 0 Å². The number of carbonyl (C=O) groups excluding carboxylic acids is 1. The zero-order chi connectivity index (χ0) is 17.8. The first kappa shape index (κ1) is 22.3. The molecule has 0 heterocycles. The molecule has 0 fully saturated rings. The number of halogens is 7. The molecule has 11 heteroatoms. The number of alkyl halides is 6. The highest BCUT2D eigenvalue weighted by Crippen LogP contribution is 2.34. The van der Waals surface area contributed by atoms with Crippen molar-refractivity contribution in [2.24, 2.45) is 5.73 Å². The molecule has 1 aromatic rings. The Morgan fingerprint density at radius 2 is 1.83 bits per heavy atom. The lowest BCUT2D eigenvalue weighted by atomic mass is 10.0. The SMILES string of the molecule is CCOC(=O)C(F)(F)[C@H](N)c1cccc(OC(F)(F)C(F)F)c1.Cl. The van der Waals surface area contributed by atoms with Crippen LogP contribution in [0.1, 0.15) is 18.5 Å². The Labute approximate surface area is 139 Å². The van der Waals surface area contributed by atoms with Crippen LogP contribution >= 0.6 is 12.4 Å². The summed E-state index contributed by atoms with van der Waals surface area (Å²) in [5.74, 6) is -6.83. The molecule has 2 N–H and O–H groups in total. The lowest BCUT2D eigenvalue weighted by Crippen LogP contribution is -2.41. The van der Waals surface area contributed by atoms with Crippen LogP contribution < -0.4 is 10.5 Å². The monoisotopic (exact) mass is 381 g/mol. The van der Waals surface area contributed by atoms with E-state index in [-0.39, 0.29) is 19.0 Å². The molecule has 0 aromatic heterocycles. The van der Waals surface area contributed by atoms with Crippen LogP contribution in [-0.4, -0.2) is 31.0 Å². The summed E-state index contributed by atoms with van der Waals surface area (Å²) < 4.78 is 85.2. The lowest BCUT2D eigenvalue weighted by Gasteiger charge is -2.23. The molecule has 0 saturated carbocycles. The van der Waals surface area contributed by atoms with Crippen molar-refractivity contribution in [2.75, 3.05) is 6.61 Å². The maximum absolute atomic E-state index is 13.8. The maximum atomic E-state index is 13.8. The molecule has 0 saturated heterocycles. The van der Waals surface area contributed by atoms with Crippen molar-refractivity contribution in [3.8, 4) is 5.75 Å². The van der Waals surface area contributed by atoms with Gasteiger partial charge in [0.25, 0.3) is 0 Å². The first-order valence-electron chi connectivity index (χ1n) is 6.28. The maximum Gasteiger partial charge on any atom is 0.461 e. The van der Waals surface area contributed by atoms with E-state index < -0.39 is 41.8 Å². The van der Waals surface area contributed by atoms with Gasteiger partial charge in [0.15, 0.2) is 0 Å². The Kier molecular flexibility index (Phi) is 7.84. The molecule has 0 aliphatic heterocycles. The molecule has 0 spiro atoms. The van der Waals surface area contributed by atoms with Gasteiger partial charge in [0.1, 0.15) is 11.8 Å². The minimum absolute atomic E-state index is 0. The highest BCUT2D eigenvalue weighted by atomic mass is 35.5. The van der Waals surface area contributed by atoms with E-state index in [9.17, 15) is 31.1 Å². The topological polar surface area (TPSA) is 61.5 Å². The second-order valence-corrected chi connectivity index (χ2v) is 4.36. The Balaban J connectivity index is 0.00000529. The van der Waals surface area contributed by atoms with Gasteiger partial charge in [-0.15, -0.1) is 12.4 Å². The highest BCUT2D eigenvalue weighted by molar-refractivity contribution is 5.85. The summed E-state index contributed by atoms with van der Waals surface area (Å²) in [6.07, 6.45) is -8.91. The van der Waals surface area contributed by atoms with Crippen LogP contribution in [-0.2, 0) is 9.53 Å². The van der Waals surface area contributed by atoms with E-state index in [0.29, 0.717) is 6.07 Å². The lowest BCUT2D eigenvalue weighted by molar-refractivity contribution is -0.253. The average molecular weight is 382 g/mol. The number of benzene rings is 1. The van der Waals surface area contributed by atoms with Crippen molar-refractivity contribution < 1.29 is 40.6 Å². The van der Waals surface area contributed by atoms with Crippen molar-refractivity contribution in [3.63, 3.8) is 0 Å². The fourth-order valence-corrected chi connectivity index (χ4v) is 1.54. The van der Waals surface area contributed by atoms with Gasteiger partial charge in [-0.1, -0.05) is 12.1 Å². The van der Waals surface area contributed by atoms with E-state index in [1.807, 2.05) is 0 Å². The van der Waals surface area contributed by atoms with Crippen LogP contribution in [0.5, 0.6) is 5.75 Å². The molecule has 1 aromatic carbocycles. The zero-order valence-electron chi connectivity index (χ0n) is 12.1.